The maximum absolute atomic E-state index is 11.1. The molecule has 0 amide bonds. The quantitative estimate of drug-likeness (QED) is 0.615. The van der Waals surface area contributed by atoms with Crippen LogP contribution in [0.5, 0.6) is 0 Å². The Labute approximate surface area is 114 Å². The lowest BCUT2D eigenvalue weighted by atomic mass is 10.0. The molecule has 7 nitrogen and oxygen atoms in total. The van der Waals surface area contributed by atoms with Gasteiger partial charge in [-0.15, -0.1) is 0 Å². The van der Waals surface area contributed by atoms with Crippen LogP contribution in [-0.2, 0) is 4.79 Å². The summed E-state index contributed by atoms with van der Waals surface area (Å²) >= 11 is 5.84. The van der Waals surface area contributed by atoms with Gasteiger partial charge in [0.1, 0.15) is 18.1 Å². The summed E-state index contributed by atoms with van der Waals surface area (Å²) in [5.74, 6) is -0.726. The highest BCUT2D eigenvalue weighted by molar-refractivity contribution is 6.33. The molecule has 0 aliphatic carbocycles. The number of nitrogens with one attached hydrogen (secondary N) is 1. The average Bonchev–Trinajstić information content (AvgIpc) is 2.29. The summed E-state index contributed by atoms with van der Waals surface area (Å²) in [5, 5.41) is 22.3. The first-order chi connectivity index (χ1) is 8.81. The fourth-order valence-electron chi connectivity index (χ4n) is 1.49. The molecule has 2 N–H and O–H groups in total. The molecular weight excluding hydrogens is 274 g/mol. The van der Waals surface area contributed by atoms with Gasteiger partial charge in [-0.05, 0) is 12.3 Å². The molecule has 0 saturated heterocycles. The van der Waals surface area contributed by atoms with Crippen LogP contribution in [0.15, 0.2) is 12.3 Å². The highest BCUT2D eigenvalue weighted by Gasteiger charge is 2.21. The van der Waals surface area contributed by atoms with E-state index in [1.165, 1.54) is 0 Å². The Bertz CT molecular complexity index is 493. The lowest BCUT2D eigenvalue weighted by Crippen LogP contribution is -2.31. The largest absolute Gasteiger partial charge is 0.480 e. The van der Waals surface area contributed by atoms with Gasteiger partial charge in [0.25, 0.3) is 5.69 Å². The van der Waals surface area contributed by atoms with Crippen molar-refractivity contribution in [2.75, 3.05) is 5.32 Å². The van der Waals surface area contributed by atoms with Gasteiger partial charge in [-0.3, -0.25) is 10.1 Å². The van der Waals surface area contributed by atoms with Crippen molar-refractivity contribution in [1.82, 2.24) is 4.98 Å². The number of carboxylic acids is 1. The molecule has 0 bridgehead atoms. The van der Waals surface area contributed by atoms with E-state index in [9.17, 15) is 14.9 Å². The van der Waals surface area contributed by atoms with E-state index >= 15 is 0 Å². The summed E-state index contributed by atoms with van der Waals surface area (Å²) < 4.78 is 0. The van der Waals surface area contributed by atoms with Crippen LogP contribution in [0.1, 0.15) is 20.3 Å². The smallest absolute Gasteiger partial charge is 0.326 e. The third-order valence-corrected chi connectivity index (χ3v) is 2.64. The standard InChI is InChI=1S/C11H14ClN3O4/c1-6(2)3-9(11(16)17)14-10-8(12)4-7(5-13-10)15(18)19/h4-6,9H,3H2,1-2H3,(H,13,14)(H,16,17)/t9-/m1/s1. The number of aromatic nitrogens is 1. The van der Waals surface area contributed by atoms with Crippen molar-refractivity contribution in [2.45, 2.75) is 26.3 Å². The summed E-state index contributed by atoms with van der Waals surface area (Å²) in [6.07, 6.45) is 1.42. The lowest BCUT2D eigenvalue weighted by molar-refractivity contribution is -0.385. The first-order valence-corrected chi connectivity index (χ1v) is 5.98. The number of hydrogen-bond acceptors (Lipinski definition) is 5. The number of anilines is 1. The van der Waals surface area contributed by atoms with Crippen LogP contribution in [-0.4, -0.2) is 27.0 Å². The third kappa shape index (κ3) is 4.36. The van der Waals surface area contributed by atoms with Crippen molar-refractivity contribution in [3.05, 3.63) is 27.4 Å². The Morgan fingerprint density at radius 3 is 2.68 bits per heavy atom. The van der Waals surface area contributed by atoms with E-state index in [-0.39, 0.29) is 22.4 Å². The van der Waals surface area contributed by atoms with Crippen LogP contribution < -0.4 is 5.32 Å². The van der Waals surface area contributed by atoms with E-state index in [1.54, 1.807) is 0 Å². The van der Waals surface area contributed by atoms with Crippen LogP contribution in [0.25, 0.3) is 0 Å². The fraction of sp³-hybridized carbons (Fsp3) is 0.455. The Hall–Kier alpha value is -1.89. The predicted molar refractivity (Wildman–Crippen MR) is 70.4 cm³/mol. The zero-order valence-corrected chi connectivity index (χ0v) is 11.2. The number of rotatable bonds is 6. The van der Waals surface area contributed by atoms with Crippen molar-refractivity contribution < 1.29 is 14.8 Å². The van der Waals surface area contributed by atoms with Gasteiger partial charge in [0.15, 0.2) is 0 Å². The lowest BCUT2D eigenvalue weighted by Gasteiger charge is -2.17. The minimum absolute atomic E-state index is 0.0178. The van der Waals surface area contributed by atoms with E-state index in [0.717, 1.165) is 12.3 Å². The molecule has 0 aliphatic heterocycles. The zero-order chi connectivity index (χ0) is 14.6. The van der Waals surface area contributed by atoms with E-state index in [2.05, 4.69) is 10.3 Å². The molecule has 1 atom stereocenters. The van der Waals surface area contributed by atoms with E-state index in [1.807, 2.05) is 13.8 Å². The highest BCUT2D eigenvalue weighted by Crippen LogP contribution is 2.25. The summed E-state index contributed by atoms with van der Waals surface area (Å²) in [7, 11) is 0. The molecule has 0 aromatic carbocycles. The second-order valence-electron chi connectivity index (χ2n) is 4.45. The summed E-state index contributed by atoms with van der Waals surface area (Å²) in [5.41, 5.74) is -0.244. The second-order valence-corrected chi connectivity index (χ2v) is 4.85. The normalized spacial score (nSPS) is 12.2. The SMILES string of the molecule is CC(C)C[C@@H](Nc1ncc([N+](=O)[O-])cc1Cl)C(=O)O. The van der Waals surface area contributed by atoms with Crippen molar-refractivity contribution in [3.63, 3.8) is 0 Å². The fourth-order valence-corrected chi connectivity index (χ4v) is 1.71. The first-order valence-electron chi connectivity index (χ1n) is 5.60. The first kappa shape index (κ1) is 15.2. The number of halogens is 1. The van der Waals surface area contributed by atoms with Gasteiger partial charge < -0.3 is 10.4 Å². The maximum Gasteiger partial charge on any atom is 0.326 e. The van der Waals surface area contributed by atoms with Crippen LogP contribution in [0.2, 0.25) is 5.02 Å². The molecule has 8 heteroatoms. The van der Waals surface area contributed by atoms with Crippen molar-refractivity contribution >= 4 is 29.1 Å². The monoisotopic (exact) mass is 287 g/mol. The van der Waals surface area contributed by atoms with Crippen LogP contribution in [0, 0.1) is 16.0 Å². The number of carbonyl (C=O) groups is 1. The van der Waals surface area contributed by atoms with E-state index in [0.29, 0.717) is 6.42 Å². The Balaban J connectivity index is 2.91. The highest BCUT2D eigenvalue weighted by atomic mass is 35.5. The third-order valence-electron chi connectivity index (χ3n) is 2.35. The minimum atomic E-state index is -1.02. The van der Waals surface area contributed by atoms with Crippen molar-refractivity contribution in [3.8, 4) is 0 Å². The second kappa shape index (κ2) is 6.33. The van der Waals surface area contributed by atoms with Crippen molar-refractivity contribution in [2.24, 2.45) is 5.92 Å². The molecule has 19 heavy (non-hydrogen) atoms. The topological polar surface area (TPSA) is 105 Å². The molecule has 1 aromatic rings. The minimum Gasteiger partial charge on any atom is -0.480 e. The molecule has 1 aromatic heterocycles. The van der Waals surface area contributed by atoms with E-state index in [4.69, 9.17) is 16.7 Å². The van der Waals surface area contributed by atoms with Gasteiger partial charge in [-0.1, -0.05) is 25.4 Å². The summed E-state index contributed by atoms with van der Waals surface area (Å²) in [6.45, 7) is 3.78. The summed E-state index contributed by atoms with van der Waals surface area (Å²) in [4.78, 5) is 24.8. The maximum atomic E-state index is 11.1. The molecule has 1 heterocycles. The van der Waals surface area contributed by atoms with Gasteiger partial charge in [-0.25, -0.2) is 9.78 Å². The molecule has 0 fully saturated rings. The summed E-state index contributed by atoms with van der Waals surface area (Å²) in [6, 6.07) is 0.289. The van der Waals surface area contributed by atoms with Crippen LogP contribution >= 0.6 is 11.6 Å². The number of nitro groups is 1. The molecular formula is C11H14ClN3O4. The van der Waals surface area contributed by atoms with Crippen LogP contribution in [0.3, 0.4) is 0 Å². The molecule has 104 valence electrons. The van der Waals surface area contributed by atoms with E-state index < -0.39 is 16.9 Å². The Kier molecular flexibility index (Phi) is 5.05. The van der Waals surface area contributed by atoms with Crippen molar-refractivity contribution in [1.29, 1.82) is 0 Å². The van der Waals surface area contributed by atoms with Gasteiger partial charge in [-0.2, -0.15) is 0 Å². The number of pyridine rings is 1. The Morgan fingerprint density at radius 2 is 2.26 bits per heavy atom. The van der Waals surface area contributed by atoms with Gasteiger partial charge in [0.2, 0.25) is 0 Å². The molecule has 0 aliphatic rings. The van der Waals surface area contributed by atoms with Gasteiger partial charge in [0.05, 0.1) is 9.95 Å². The average molecular weight is 288 g/mol. The molecule has 0 saturated carbocycles. The number of carboxylic acid groups (broad SMARTS) is 1. The number of hydrogen-bond donors (Lipinski definition) is 2. The molecule has 1 rings (SSSR count). The zero-order valence-electron chi connectivity index (χ0n) is 10.5. The molecule has 0 radical (unpaired) electrons. The van der Waals surface area contributed by atoms with Crippen LogP contribution in [0.4, 0.5) is 11.5 Å². The molecule has 0 unspecified atom stereocenters. The predicted octanol–water partition coefficient (Wildman–Crippen LogP) is 2.55. The van der Waals surface area contributed by atoms with Gasteiger partial charge >= 0.3 is 5.97 Å². The Morgan fingerprint density at radius 1 is 1.63 bits per heavy atom. The number of nitrogens with zero attached hydrogens (tertiary/aromatic N) is 2. The van der Waals surface area contributed by atoms with Gasteiger partial charge in [0, 0.05) is 6.07 Å². The number of aliphatic carboxylic acids is 1. The molecule has 0 spiro atoms.